The number of carbonyl (C=O) groups is 3. The maximum Gasteiger partial charge on any atom is 1.00 e. The van der Waals surface area contributed by atoms with Crippen LogP contribution in [0.15, 0.2) is 18.2 Å². The first kappa shape index (κ1) is 34.1. The van der Waals surface area contributed by atoms with Crippen molar-refractivity contribution in [2.24, 2.45) is 0 Å². The van der Waals surface area contributed by atoms with Crippen LogP contribution in [0.1, 0.15) is 75.3 Å². The summed E-state index contributed by atoms with van der Waals surface area (Å²) in [4.78, 5) is 50.3. The van der Waals surface area contributed by atoms with Crippen LogP contribution in [-0.4, -0.2) is 57.6 Å². The quantitative estimate of drug-likeness (QED) is 0.0576. The van der Waals surface area contributed by atoms with E-state index in [0.29, 0.717) is 18.5 Å². The fourth-order valence-electron chi connectivity index (χ4n) is 3.92. The molecule has 0 bridgehead atoms. The summed E-state index contributed by atoms with van der Waals surface area (Å²) in [7, 11) is -4.99. The molecule has 2 N–H and O–H groups in total. The van der Waals surface area contributed by atoms with Crippen LogP contribution in [0.5, 0.6) is 0 Å². The second-order valence-electron chi connectivity index (χ2n) is 8.81. The SMILES string of the molecule is O=C(CCCCCCCCCCNCc1ccc([N+](=O)[O-])c(CO)c1)ON1C(=O)CC(S(=O)(=O)[O-])C1=O.[Na+]. The van der Waals surface area contributed by atoms with Crippen molar-refractivity contribution in [1.29, 1.82) is 0 Å². The maximum absolute atomic E-state index is 11.8. The van der Waals surface area contributed by atoms with Crippen molar-refractivity contribution in [3.8, 4) is 0 Å². The smallest absolute Gasteiger partial charge is 0.747 e. The van der Waals surface area contributed by atoms with Crippen LogP contribution in [0.3, 0.4) is 0 Å². The van der Waals surface area contributed by atoms with Gasteiger partial charge in [0.15, 0.2) is 0 Å². The van der Waals surface area contributed by atoms with Gasteiger partial charge in [-0.1, -0.05) is 44.6 Å². The van der Waals surface area contributed by atoms with Crippen molar-refractivity contribution in [2.75, 3.05) is 6.54 Å². The Hall–Kier alpha value is -1.94. The topological polar surface area (TPSA) is 196 Å². The Morgan fingerprint density at radius 2 is 1.71 bits per heavy atom. The molecule has 0 aromatic heterocycles. The first-order valence-electron chi connectivity index (χ1n) is 12.1. The van der Waals surface area contributed by atoms with Crippen molar-refractivity contribution in [1.82, 2.24) is 10.4 Å². The number of nitro benzene ring substituents is 1. The van der Waals surface area contributed by atoms with Gasteiger partial charge in [-0.15, -0.1) is 5.06 Å². The summed E-state index contributed by atoms with van der Waals surface area (Å²) in [6, 6.07) is 4.71. The summed E-state index contributed by atoms with van der Waals surface area (Å²) in [6.45, 7) is 0.982. The number of hydrogen-bond donors (Lipinski definition) is 2. The molecule has 0 spiro atoms. The van der Waals surface area contributed by atoms with Crippen molar-refractivity contribution in [3.63, 3.8) is 0 Å². The van der Waals surface area contributed by atoms with E-state index in [-0.39, 0.29) is 53.3 Å². The molecule has 206 valence electrons. The molecule has 0 aliphatic carbocycles. The largest absolute Gasteiger partial charge is 1.00 e. The molecule has 1 heterocycles. The predicted molar refractivity (Wildman–Crippen MR) is 128 cm³/mol. The zero-order valence-electron chi connectivity index (χ0n) is 21.4. The number of benzene rings is 1. The molecule has 1 fully saturated rings. The summed E-state index contributed by atoms with van der Waals surface area (Å²) in [5, 5.41) is 21.5. The second-order valence-corrected chi connectivity index (χ2v) is 10.4. The molecule has 2 amide bonds. The molecule has 15 heteroatoms. The molecule has 1 saturated heterocycles. The fraction of sp³-hybridized carbons (Fsp3) is 0.609. The number of hydroxylamine groups is 2. The first-order chi connectivity index (χ1) is 17.5. The summed E-state index contributed by atoms with van der Waals surface area (Å²) < 4.78 is 32.9. The van der Waals surface area contributed by atoms with E-state index in [0.717, 1.165) is 57.1 Å². The molecule has 0 radical (unpaired) electrons. The molecule has 1 aromatic rings. The number of aliphatic hydroxyl groups is 1. The Morgan fingerprint density at radius 1 is 1.11 bits per heavy atom. The van der Waals surface area contributed by atoms with E-state index in [4.69, 9.17) is 0 Å². The normalized spacial score (nSPS) is 15.4. The molecule has 1 unspecified atom stereocenters. The van der Waals surface area contributed by atoms with Gasteiger partial charge in [-0.3, -0.25) is 19.7 Å². The molecule has 38 heavy (non-hydrogen) atoms. The van der Waals surface area contributed by atoms with Crippen LogP contribution in [0.2, 0.25) is 0 Å². The summed E-state index contributed by atoms with van der Waals surface area (Å²) in [6.07, 6.45) is 6.38. The number of unbranched alkanes of at least 4 members (excludes halogenated alkanes) is 7. The van der Waals surface area contributed by atoms with Crippen LogP contribution in [0.4, 0.5) is 5.69 Å². The Bertz CT molecular complexity index is 1080. The van der Waals surface area contributed by atoms with Crippen molar-refractivity contribution in [3.05, 3.63) is 39.4 Å². The Labute approximate surface area is 243 Å². The number of nitrogens with one attached hydrogen (secondary N) is 1. The molecule has 0 saturated carbocycles. The van der Waals surface area contributed by atoms with Gasteiger partial charge >= 0.3 is 35.5 Å². The predicted octanol–water partition coefficient (Wildman–Crippen LogP) is -1.18. The number of imide groups is 1. The minimum absolute atomic E-state index is 0. The Balaban J connectivity index is 0.00000722. The number of rotatable bonds is 17. The molecule has 1 aliphatic heterocycles. The van der Waals surface area contributed by atoms with Gasteiger partial charge in [0.05, 0.1) is 23.5 Å². The van der Waals surface area contributed by atoms with Gasteiger partial charge in [0, 0.05) is 19.0 Å². The molecular formula is C23H32N3NaO10S. The maximum atomic E-state index is 11.8. The van der Waals surface area contributed by atoms with Gasteiger partial charge in [-0.25, -0.2) is 13.2 Å². The van der Waals surface area contributed by atoms with Gasteiger partial charge in [-0.05, 0) is 31.0 Å². The average molecular weight is 566 g/mol. The van der Waals surface area contributed by atoms with Gasteiger partial charge < -0.3 is 19.8 Å². The Morgan fingerprint density at radius 3 is 2.26 bits per heavy atom. The van der Waals surface area contributed by atoms with Crippen molar-refractivity contribution >= 4 is 33.6 Å². The zero-order valence-corrected chi connectivity index (χ0v) is 24.2. The van der Waals surface area contributed by atoms with Gasteiger partial charge in [0.2, 0.25) is 0 Å². The number of nitrogens with zero attached hydrogens (tertiary/aromatic N) is 2. The number of amides is 2. The third kappa shape index (κ3) is 11.0. The van der Waals surface area contributed by atoms with Gasteiger partial charge in [-0.2, -0.15) is 0 Å². The van der Waals surface area contributed by atoms with Crippen molar-refractivity contribution in [2.45, 2.75) is 82.6 Å². The first-order valence-corrected chi connectivity index (χ1v) is 13.6. The zero-order chi connectivity index (χ0) is 27.4. The summed E-state index contributed by atoms with van der Waals surface area (Å²) in [5.41, 5.74) is 1.08. The van der Waals surface area contributed by atoms with Crippen LogP contribution in [0, 0.1) is 10.1 Å². The van der Waals surface area contributed by atoms with E-state index in [1.807, 2.05) is 0 Å². The van der Waals surface area contributed by atoms with E-state index < -0.39 is 44.5 Å². The van der Waals surface area contributed by atoms with Crippen LogP contribution in [0.25, 0.3) is 0 Å². The van der Waals surface area contributed by atoms with Crippen molar-refractivity contribution < 1.29 is 71.8 Å². The third-order valence-electron chi connectivity index (χ3n) is 5.93. The summed E-state index contributed by atoms with van der Waals surface area (Å²) in [5.74, 6) is -3.19. The van der Waals surface area contributed by atoms with Crippen LogP contribution >= 0.6 is 0 Å². The molecule has 2 rings (SSSR count). The minimum atomic E-state index is -4.99. The standard InChI is InChI=1S/C23H33N3O10S.Na/c27-16-18-13-17(10-11-19(18)26(31)32)15-24-12-8-6-4-2-1-3-5-7-9-22(29)36-25-21(28)14-20(23(25)30)37(33,34)35;/h10-11,13,20,24,27H,1-9,12,14-16H2,(H,33,34,35);/q;+1/p-1. The minimum Gasteiger partial charge on any atom is -0.747 e. The second kappa shape index (κ2) is 16.9. The molecule has 1 aliphatic rings. The van der Waals surface area contributed by atoms with E-state index in [9.17, 15) is 42.6 Å². The van der Waals surface area contributed by atoms with E-state index in [1.54, 1.807) is 12.1 Å². The average Bonchev–Trinajstić information content (AvgIpc) is 3.13. The van der Waals surface area contributed by atoms with E-state index in [2.05, 4.69) is 10.2 Å². The van der Waals surface area contributed by atoms with E-state index in [1.165, 1.54) is 6.07 Å². The fourth-order valence-corrected chi connectivity index (χ4v) is 4.61. The molecule has 1 atom stereocenters. The number of carbonyl (C=O) groups excluding carboxylic acids is 3. The molecule has 13 nitrogen and oxygen atoms in total. The van der Waals surface area contributed by atoms with Gasteiger partial charge in [0.25, 0.3) is 17.5 Å². The summed E-state index contributed by atoms with van der Waals surface area (Å²) >= 11 is 0. The number of nitro groups is 1. The number of aliphatic hydroxyl groups excluding tert-OH is 1. The van der Waals surface area contributed by atoms with Crippen LogP contribution in [-0.2, 0) is 42.5 Å². The monoisotopic (exact) mass is 565 g/mol. The third-order valence-corrected chi connectivity index (χ3v) is 6.99. The van der Waals surface area contributed by atoms with Crippen LogP contribution < -0.4 is 34.9 Å². The van der Waals surface area contributed by atoms with E-state index >= 15 is 0 Å². The molecule has 1 aromatic carbocycles. The molecular weight excluding hydrogens is 533 g/mol. The Kier molecular flexibility index (Phi) is 15.2. The number of hydrogen-bond acceptors (Lipinski definition) is 11. The van der Waals surface area contributed by atoms with Gasteiger partial charge in [0.1, 0.15) is 15.4 Å².